The standard InChI is InChI=1S/C23H32N6O2/c1-6-19-17-12-20(18-14-25-28(5)23(18)31-15(3)13-24-7-2)26-16(4)22(17)29(27-19)21-10-8-9-11-30-21/h6,12,14-15,21,24H,1,7-11,13H2,2-5H3/t15-,21?/m0/s1. The Morgan fingerprint density at radius 1 is 1.42 bits per heavy atom. The highest BCUT2D eigenvalue weighted by Crippen LogP contribution is 2.35. The lowest BCUT2D eigenvalue weighted by molar-refractivity contribution is -0.0368. The summed E-state index contributed by atoms with van der Waals surface area (Å²) in [7, 11) is 1.89. The number of fused-ring (bicyclic) bond motifs is 1. The van der Waals surface area contributed by atoms with Gasteiger partial charge in [0.05, 0.1) is 34.4 Å². The number of nitrogens with zero attached hydrogens (tertiary/aromatic N) is 5. The number of aryl methyl sites for hydroxylation is 2. The average molecular weight is 425 g/mol. The topological polar surface area (TPSA) is 79.0 Å². The number of likely N-dealkylation sites (N-methyl/N-ethyl adjacent to an activating group) is 1. The van der Waals surface area contributed by atoms with E-state index in [4.69, 9.17) is 19.6 Å². The molecule has 8 heteroatoms. The van der Waals surface area contributed by atoms with E-state index in [1.54, 1.807) is 10.8 Å². The number of aromatic nitrogens is 5. The van der Waals surface area contributed by atoms with Gasteiger partial charge in [-0.2, -0.15) is 10.2 Å². The second-order valence-electron chi connectivity index (χ2n) is 8.07. The van der Waals surface area contributed by atoms with Crippen LogP contribution >= 0.6 is 0 Å². The molecular weight excluding hydrogens is 392 g/mol. The van der Waals surface area contributed by atoms with Gasteiger partial charge in [0.1, 0.15) is 6.10 Å². The maximum atomic E-state index is 6.22. The summed E-state index contributed by atoms with van der Waals surface area (Å²) in [5.41, 5.74) is 4.42. The van der Waals surface area contributed by atoms with Gasteiger partial charge in [0.2, 0.25) is 5.88 Å². The molecular formula is C23H32N6O2. The van der Waals surface area contributed by atoms with Crippen LogP contribution in [0.2, 0.25) is 0 Å². The van der Waals surface area contributed by atoms with Crippen LogP contribution in [0.4, 0.5) is 0 Å². The number of hydrogen-bond donors (Lipinski definition) is 1. The van der Waals surface area contributed by atoms with Crippen molar-refractivity contribution in [3.8, 4) is 17.1 Å². The maximum absolute atomic E-state index is 6.22. The highest BCUT2D eigenvalue weighted by molar-refractivity contribution is 5.91. The molecule has 0 bridgehead atoms. The van der Waals surface area contributed by atoms with Gasteiger partial charge in [0.15, 0.2) is 6.23 Å². The molecule has 1 N–H and O–H groups in total. The first-order valence-corrected chi connectivity index (χ1v) is 11.1. The summed E-state index contributed by atoms with van der Waals surface area (Å²) in [6.07, 6.45) is 6.76. The van der Waals surface area contributed by atoms with E-state index in [1.165, 1.54) is 0 Å². The molecule has 0 aromatic carbocycles. The van der Waals surface area contributed by atoms with Crippen molar-refractivity contribution in [2.24, 2.45) is 7.05 Å². The van der Waals surface area contributed by atoms with Crippen LogP contribution in [0.3, 0.4) is 0 Å². The predicted molar refractivity (Wildman–Crippen MR) is 122 cm³/mol. The Morgan fingerprint density at radius 3 is 2.97 bits per heavy atom. The predicted octanol–water partition coefficient (Wildman–Crippen LogP) is 3.86. The summed E-state index contributed by atoms with van der Waals surface area (Å²) in [5.74, 6) is 0.708. The Hall–Kier alpha value is -2.71. The Morgan fingerprint density at radius 2 is 2.26 bits per heavy atom. The molecule has 1 saturated heterocycles. The van der Waals surface area contributed by atoms with E-state index in [1.807, 2.05) is 31.8 Å². The number of rotatable bonds is 8. The second kappa shape index (κ2) is 9.20. The fourth-order valence-corrected chi connectivity index (χ4v) is 4.11. The summed E-state index contributed by atoms with van der Waals surface area (Å²) in [6.45, 7) is 12.6. The van der Waals surface area contributed by atoms with Gasteiger partial charge in [0, 0.05) is 25.6 Å². The molecule has 1 aliphatic heterocycles. The highest BCUT2D eigenvalue weighted by Gasteiger charge is 2.24. The molecule has 2 atom stereocenters. The van der Waals surface area contributed by atoms with Crippen LogP contribution in [0.15, 0.2) is 18.8 Å². The van der Waals surface area contributed by atoms with Gasteiger partial charge < -0.3 is 14.8 Å². The molecule has 1 fully saturated rings. The SMILES string of the molecule is C=Cc1nn(C2CCCCO2)c2c(C)nc(-c3cnn(C)c3O[C@@H](C)CNCC)cc12. The Bertz CT molecular complexity index is 1060. The van der Waals surface area contributed by atoms with Crippen LogP contribution in [-0.4, -0.2) is 50.3 Å². The minimum Gasteiger partial charge on any atom is -0.473 e. The van der Waals surface area contributed by atoms with E-state index in [-0.39, 0.29) is 12.3 Å². The van der Waals surface area contributed by atoms with E-state index < -0.39 is 0 Å². The third-order valence-electron chi connectivity index (χ3n) is 5.66. The smallest absolute Gasteiger partial charge is 0.221 e. The third kappa shape index (κ3) is 4.22. The third-order valence-corrected chi connectivity index (χ3v) is 5.66. The Balaban J connectivity index is 1.76. The number of hydrogen-bond acceptors (Lipinski definition) is 6. The number of nitrogens with one attached hydrogen (secondary N) is 1. The molecule has 0 spiro atoms. The minimum atomic E-state index is -0.0551. The van der Waals surface area contributed by atoms with E-state index in [0.29, 0.717) is 5.88 Å². The second-order valence-corrected chi connectivity index (χ2v) is 8.07. The Kier molecular flexibility index (Phi) is 6.38. The van der Waals surface area contributed by atoms with Crippen molar-refractivity contribution in [2.45, 2.75) is 52.4 Å². The van der Waals surface area contributed by atoms with Crippen molar-refractivity contribution >= 4 is 17.0 Å². The van der Waals surface area contributed by atoms with Crippen molar-refractivity contribution in [1.82, 2.24) is 29.9 Å². The van der Waals surface area contributed by atoms with Crippen molar-refractivity contribution in [2.75, 3.05) is 19.7 Å². The molecule has 1 unspecified atom stereocenters. The van der Waals surface area contributed by atoms with Gasteiger partial charge in [0.25, 0.3) is 0 Å². The summed E-state index contributed by atoms with van der Waals surface area (Å²) in [5, 5.41) is 13.6. The highest BCUT2D eigenvalue weighted by atomic mass is 16.5. The zero-order valence-electron chi connectivity index (χ0n) is 18.9. The monoisotopic (exact) mass is 424 g/mol. The van der Waals surface area contributed by atoms with Gasteiger partial charge in [-0.1, -0.05) is 13.5 Å². The molecule has 8 nitrogen and oxygen atoms in total. The number of ether oxygens (including phenoxy) is 2. The first kappa shape index (κ1) is 21.5. The molecule has 0 amide bonds. The Labute approximate surface area is 183 Å². The summed E-state index contributed by atoms with van der Waals surface area (Å²) in [4.78, 5) is 4.92. The quantitative estimate of drug-likeness (QED) is 0.592. The van der Waals surface area contributed by atoms with Crippen molar-refractivity contribution in [3.05, 3.63) is 30.2 Å². The van der Waals surface area contributed by atoms with Crippen molar-refractivity contribution < 1.29 is 9.47 Å². The molecule has 4 rings (SSSR count). The first-order valence-electron chi connectivity index (χ1n) is 11.1. The fourth-order valence-electron chi connectivity index (χ4n) is 4.11. The van der Waals surface area contributed by atoms with Gasteiger partial charge in [-0.05, 0) is 51.8 Å². The van der Waals surface area contributed by atoms with Gasteiger partial charge in [-0.15, -0.1) is 0 Å². The van der Waals surface area contributed by atoms with Crippen LogP contribution in [0.5, 0.6) is 5.88 Å². The molecule has 31 heavy (non-hydrogen) atoms. The molecule has 3 aromatic rings. The zero-order valence-corrected chi connectivity index (χ0v) is 18.9. The molecule has 0 radical (unpaired) electrons. The van der Waals surface area contributed by atoms with Crippen LogP contribution in [0.25, 0.3) is 28.2 Å². The van der Waals surface area contributed by atoms with Crippen LogP contribution in [-0.2, 0) is 11.8 Å². The molecule has 0 aliphatic carbocycles. The summed E-state index contributed by atoms with van der Waals surface area (Å²) < 4.78 is 16.0. The van der Waals surface area contributed by atoms with Gasteiger partial charge >= 0.3 is 0 Å². The van der Waals surface area contributed by atoms with E-state index in [2.05, 4.69) is 30.0 Å². The largest absolute Gasteiger partial charge is 0.473 e. The maximum Gasteiger partial charge on any atom is 0.221 e. The lowest BCUT2D eigenvalue weighted by Gasteiger charge is -2.23. The van der Waals surface area contributed by atoms with Gasteiger partial charge in [-0.25, -0.2) is 9.36 Å². The molecule has 0 saturated carbocycles. The molecule has 4 heterocycles. The minimum absolute atomic E-state index is 0.00821. The summed E-state index contributed by atoms with van der Waals surface area (Å²) in [6, 6.07) is 2.06. The summed E-state index contributed by atoms with van der Waals surface area (Å²) >= 11 is 0. The lowest BCUT2D eigenvalue weighted by atomic mass is 10.1. The number of pyridine rings is 1. The van der Waals surface area contributed by atoms with E-state index >= 15 is 0 Å². The zero-order chi connectivity index (χ0) is 22.0. The molecule has 166 valence electrons. The van der Waals surface area contributed by atoms with Crippen molar-refractivity contribution in [3.63, 3.8) is 0 Å². The van der Waals surface area contributed by atoms with Crippen LogP contribution in [0, 0.1) is 6.92 Å². The lowest BCUT2D eigenvalue weighted by Crippen LogP contribution is -2.29. The van der Waals surface area contributed by atoms with Crippen molar-refractivity contribution in [1.29, 1.82) is 0 Å². The average Bonchev–Trinajstić information content (AvgIpc) is 3.33. The fraction of sp³-hybridized carbons (Fsp3) is 0.522. The normalized spacial score (nSPS) is 17.7. The molecule has 1 aliphatic rings. The molecule has 3 aromatic heterocycles. The van der Waals surface area contributed by atoms with Gasteiger partial charge in [-0.3, -0.25) is 4.98 Å². The first-order chi connectivity index (χ1) is 15.0. The van der Waals surface area contributed by atoms with E-state index in [0.717, 1.165) is 72.5 Å². The van der Waals surface area contributed by atoms with Crippen LogP contribution in [0.1, 0.15) is 50.7 Å². The van der Waals surface area contributed by atoms with E-state index in [9.17, 15) is 0 Å². The van der Waals surface area contributed by atoms with Crippen LogP contribution < -0.4 is 10.1 Å².